The summed E-state index contributed by atoms with van der Waals surface area (Å²) < 4.78 is 5.76. The number of carbonyl (C=O) groups excluding carboxylic acids is 1. The van der Waals surface area contributed by atoms with Crippen LogP contribution in [-0.4, -0.2) is 41.8 Å². The number of hydrogen-bond donors (Lipinski definition) is 1. The second-order valence-electron chi connectivity index (χ2n) is 6.81. The van der Waals surface area contributed by atoms with Crippen molar-refractivity contribution in [1.29, 1.82) is 0 Å². The van der Waals surface area contributed by atoms with Crippen molar-refractivity contribution in [2.24, 2.45) is 5.92 Å². The van der Waals surface area contributed by atoms with Crippen LogP contribution < -0.4 is 5.32 Å². The lowest BCUT2D eigenvalue weighted by atomic mass is 10.0. The Hall–Kier alpha value is -0.610. The van der Waals surface area contributed by atoms with Gasteiger partial charge in [0.05, 0.1) is 24.4 Å². The van der Waals surface area contributed by atoms with Gasteiger partial charge in [0, 0.05) is 6.61 Å². The van der Waals surface area contributed by atoms with Gasteiger partial charge in [0.2, 0.25) is 5.91 Å². The maximum Gasteiger partial charge on any atom is 0.241 e. The quantitative estimate of drug-likeness (QED) is 0.745. The van der Waals surface area contributed by atoms with Crippen LogP contribution in [0.1, 0.15) is 60.8 Å². The monoisotopic (exact) mass is 284 g/mol. The van der Waals surface area contributed by atoms with Crippen molar-refractivity contribution >= 4 is 5.91 Å². The van der Waals surface area contributed by atoms with Crippen LogP contribution in [0.15, 0.2) is 0 Å². The van der Waals surface area contributed by atoms with Crippen molar-refractivity contribution in [3.05, 3.63) is 0 Å². The van der Waals surface area contributed by atoms with Crippen LogP contribution in [0.25, 0.3) is 0 Å². The Bertz CT molecular complexity index is 316. The van der Waals surface area contributed by atoms with Crippen molar-refractivity contribution in [3.63, 3.8) is 0 Å². The van der Waals surface area contributed by atoms with Gasteiger partial charge >= 0.3 is 0 Å². The number of hydrogen-bond acceptors (Lipinski definition) is 3. The molecule has 1 saturated heterocycles. The number of nitrogens with zero attached hydrogens (tertiary/aromatic N) is 1. The van der Waals surface area contributed by atoms with Gasteiger partial charge in [-0.15, -0.1) is 0 Å². The first-order valence-corrected chi connectivity index (χ1v) is 8.01. The molecule has 1 aliphatic rings. The number of nitrogens with one attached hydrogen (secondary N) is 1. The third-order valence-corrected chi connectivity index (χ3v) is 3.71. The van der Waals surface area contributed by atoms with Crippen LogP contribution in [0.4, 0.5) is 0 Å². The third kappa shape index (κ3) is 4.74. The molecule has 1 aliphatic heterocycles. The van der Waals surface area contributed by atoms with Crippen molar-refractivity contribution in [1.82, 2.24) is 10.2 Å². The highest BCUT2D eigenvalue weighted by Gasteiger charge is 2.40. The normalized spacial score (nSPS) is 23.9. The van der Waals surface area contributed by atoms with E-state index in [1.54, 1.807) is 0 Å². The van der Waals surface area contributed by atoms with Crippen LogP contribution in [0.2, 0.25) is 0 Å². The summed E-state index contributed by atoms with van der Waals surface area (Å²) in [6.45, 7) is 13.9. The van der Waals surface area contributed by atoms with Crippen molar-refractivity contribution in [2.75, 3.05) is 13.2 Å². The molecule has 2 unspecified atom stereocenters. The first kappa shape index (κ1) is 17.4. The lowest BCUT2D eigenvalue weighted by molar-refractivity contribution is -0.134. The number of carbonyl (C=O) groups is 1. The van der Waals surface area contributed by atoms with Crippen LogP contribution in [0, 0.1) is 5.92 Å². The molecule has 0 aromatic rings. The van der Waals surface area contributed by atoms with Crippen LogP contribution in [-0.2, 0) is 9.53 Å². The summed E-state index contributed by atoms with van der Waals surface area (Å²) in [6.07, 6.45) is 3.15. The molecule has 1 rings (SSSR count). The zero-order valence-corrected chi connectivity index (χ0v) is 14.0. The van der Waals surface area contributed by atoms with Crippen LogP contribution in [0.3, 0.4) is 0 Å². The van der Waals surface area contributed by atoms with E-state index >= 15 is 0 Å². The minimum Gasteiger partial charge on any atom is -0.374 e. The SMILES string of the molecule is CCCC1NC(CC(C)C)C(=O)N1CC(C)(C)OCC. The highest BCUT2D eigenvalue weighted by molar-refractivity contribution is 5.84. The average molecular weight is 284 g/mol. The van der Waals surface area contributed by atoms with E-state index in [1.165, 1.54) is 0 Å². The largest absolute Gasteiger partial charge is 0.374 e. The van der Waals surface area contributed by atoms with E-state index in [-0.39, 0.29) is 23.7 Å². The minimum absolute atomic E-state index is 0.0241. The highest BCUT2D eigenvalue weighted by Crippen LogP contribution is 2.23. The van der Waals surface area contributed by atoms with E-state index in [4.69, 9.17) is 4.74 Å². The van der Waals surface area contributed by atoms with Gasteiger partial charge in [-0.1, -0.05) is 27.2 Å². The van der Waals surface area contributed by atoms with Gasteiger partial charge in [0.15, 0.2) is 0 Å². The predicted octanol–water partition coefficient (Wildman–Crippen LogP) is 2.77. The smallest absolute Gasteiger partial charge is 0.241 e. The van der Waals surface area contributed by atoms with E-state index in [9.17, 15) is 4.79 Å². The Morgan fingerprint density at radius 2 is 2.00 bits per heavy atom. The van der Waals surface area contributed by atoms with Gasteiger partial charge in [-0.05, 0) is 39.5 Å². The first-order chi connectivity index (χ1) is 9.30. The second kappa shape index (κ2) is 7.41. The molecule has 0 aliphatic carbocycles. The summed E-state index contributed by atoms with van der Waals surface area (Å²) in [5, 5.41) is 3.51. The molecule has 1 amide bonds. The fourth-order valence-corrected chi connectivity index (χ4v) is 2.93. The topological polar surface area (TPSA) is 41.6 Å². The summed E-state index contributed by atoms with van der Waals surface area (Å²) in [5.74, 6) is 0.767. The molecule has 0 spiro atoms. The molecule has 4 heteroatoms. The average Bonchev–Trinajstić information content (AvgIpc) is 2.57. The zero-order valence-electron chi connectivity index (χ0n) is 14.0. The molecular formula is C16H32N2O2. The number of rotatable bonds is 8. The van der Waals surface area contributed by atoms with Crippen molar-refractivity contribution in [3.8, 4) is 0 Å². The lowest BCUT2D eigenvalue weighted by Crippen LogP contribution is -2.46. The number of ether oxygens (including phenoxy) is 1. The fraction of sp³-hybridized carbons (Fsp3) is 0.938. The van der Waals surface area contributed by atoms with Crippen molar-refractivity contribution < 1.29 is 9.53 Å². The van der Waals surface area contributed by atoms with Gasteiger partial charge in [-0.2, -0.15) is 0 Å². The summed E-state index contributed by atoms with van der Waals surface area (Å²) in [5.41, 5.74) is -0.287. The Morgan fingerprint density at radius 1 is 1.35 bits per heavy atom. The van der Waals surface area contributed by atoms with Gasteiger partial charge in [0.25, 0.3) is 0 Å². The van der Waals surface area contributed by atoms with E-state index in [1.807, 2.05) is 11.8 Å². The van der Waals surface area contributed by atoms with E-state index in [2.05, 4.69) is 39.9 Å². The van der Waals surface area contributed by atoms with Gasteiger partial charge in [0.1, 0.15) is 0 Å². The third-order valence-electron chi connectivity index (χ3n) is 3.71. The van der Waals surface area contributed by atoms with Crippen molar-refractivity contribution in [2.45, 2.75) is 78.6 Å². The zero-order chi connectivity index (χ0) is 15.3. The lowest BCUT2D eigenvalue weighted by Gasteiger charge is -2.33. The molecule has 0 bridgehead atoms. The molecule has 2 atom stereocenters. The maximum absolute atomic E-state index is 12.6. The van der Waals surface area contributed by atoms with Gasteiger partial charge in [-0.25, -0.2) is 0 Å². The second-order valence-corrected chi connectivity index (χ2v) is 6.81. The molecular weight excluding hydrogens is 252 g/mol. The molecule has 4 nitrogen and oxygen atoms in total. The Kier molecular flexibility index (Phi) is 6.46. The van der Waals surface area contributed by atoms with Crippen LogP contribution in [0.5, 0.6) is 0 Å². The highest BCUT2D eigenvalue weighted by atomic mass is 16.5. The Labute approximate surface area is 124 Å². The van der Waals surface area contributed by atoms with E-state index in [0.717, 1.165) is 19.3 Å². The molecule has 1 N–H and O–H groups in total. The molecule has 20 heavy (non-hydrogen) atoms. The van der Waals surface area contributed by atoms with Gasteiger partial charge < -0.3 is 9.64 Å². The number of amides is 1. The molecule has 0 aromatic carbocycles. The Morgan fingerprint density at radius 3 is 2.50 bits per heavy atom. The minimum atomic E-state index is -0.287. The fourth-order valence-electron chi connectivity index (χ4n) is 2.93. The summed E-state index contributed by atoms with van der Waals surface area (Å²) in [4.78, 5) is 14.6. The standard InChI is InChI=1S/C16H32N2O2/c1-7-9-14-17-13(10-12(3)4)15(19)18(14)11-16(5,6)20-8-2/h12-14,17H,7-11H2,1-6H3. The summed E-state index contributed by atoms with van der Waals surface area (Å²) in [6, 6.07) is -0.0241. The summed E-state index contributed by atoms with van der Waals surface area (Å²) in [7, 11) is 0. The van der Waals surface area contributed by atoms with Crippen LogP contribution >= 0.6 is 0 Å². The molecule has 0 aromatic heterocycles. The molecule has 0 radical (unpaired) electrons. The van der Waals surface area contributed by atoms with E-state index in [0.29, 0.717) is 19.1 Å². The van der Waals surface area contributed by atoms with E-state index < -0.39 is 0 Å². The van der Waals surface area contributed by atoms with Gasteiger partial charge in [-0.3, -0.25) is 10.1 Å². The molecule has 1 heterocycles. The predicted molar refractivity (Wildman–Crippen MR) is 82.5 cm³/mol. The maximum atomic E-state index is 12.6. The molecule has 1 fully saturated rings. The summed E-state index contributed by atoms with van der Waals surface area (Å²) >= 11 is 0. The molecule has 118 valence electrons. The molecule has 0 saturated carbocycles. The first-order valence-electron chi connectivity index (χ1n) is 8.01. The Balaban J connectivity index is 2.76.